The highest BCUT2D eigenvalue weighted by atomic mass is 32.2. The van der Waals surface area contributed by atoms with Gasteiger partial charge in [-0.3, -0.25) is 0 Å². The van der Waals surface area contributed by atoms with E-state index in [1.54, 1.807) is 4.57 Å². The molecule has 2 aromatic rings. The molecular weight excluding hydrogens is 330 g/mol. The summed E-state index contributed by atoms with van der Waals surface area (Å²) in [4.78, 5) is 12.7. The van der Waals surface area contributed by atoms with E-state index in [1.807, 2.05) is 30.3 Å². The van der Waals surface area contributed by atoms with Crippen LogP contribution in [0.3, 0.4) is 0 Å². The van der Waals surface area contributed by atoms with Crippen molar-refractivity contribution >= 4 is 10.2 Å². The fraction of sp³-hybridized carbons (Fsp3) is 0.467. The van der Waals surface area contributed by atoms with Gasteiger partial charge in [0, 0.05) is 26.6 Å². The largest absolute Gasteiger partial charge is 0.350 e. The Balaban J connectivity index is 1.84. The highest BCUT2D eigenvalue weighted by molar-refractivity contribution is 7.87. The number of rotatable bonds is 7. The minimum absolute atomic E-state index is 0.107. The Morgan fingerprint density at radius 2 is 1.92 bits per heavy atom. The maximum atomic E-state index is 12.7. The molecule has 1 saturated carbocycles. The predicted molar refractivity (Wildman–Crippen MR) is 90.4 cm³/mol. The lowest BCUT2D eigenvalue weighted by molar-refractivity contribution is 0.495. The minimum atomic E-state index is -3.51. The van der Waals surface area contributed by atoms with Crippen molar-refractivity contribution in [3.8, 4) is 5.69 Å². The molecule has 0 saturated heterocycles. The van der Waals surface area contributed by atoms with Crippen LogP contribution in [0.5, 0.6) is 0 Å². The lowest BCUT2D eigenvalue weighted by Gasteiger charge is -2.11. The second-order valence-electron chi connectivity index (χ2n) is 5.99. The van der Waals surface area contributed by atoms with Crippen LogP contribution in [0.15, 0.2) is 35.1 Å². The maximum Gasteiger partial charge on any atom is 0.350 e. The molecule has 0 amide bonds. The van der Waals surface area contributed by atoms with E-state index in [2.05, 4.69) is 9.82 Å². The summed E-state index contributed by atoms with van der Waals surface area (Å²) in [5.41, 5.74) is 0.539. The first-order valence-corrected chi connectivity index (χ1v) is 9.26. The van der Waals surface area contributed by atoms with Gasteiger partial charge in [-0.15, -0.1) is 0 Å². The standard InChI is InChI=1S/C15H21N5O3S/c1-18(2)24(22,23)16-10-11-19-15(21)20(13-6-4-3-5-7-13)14(17-19)12-8-9-12/h3-7,12,16H,8-11H2,1-2H3. The van der Waals surface area contributed by atoms with Gasteiger partial charge in [-0.25, -0.2) is 18.8 Å². The molecular formula is C15H21N5O3S. The third kappa shape index (κ3) is 3.42. The third-order valence-corrected chi connectivity index (χ3v) is 5.44. The average molecular weight is 351 g/mol. The highest BCUT2D eigenvalue weighted by Crippen LogP contribution is 2.39. The summed E-state index contributed by atoms with van der Waals surface area (Å²) in [5.74, 6) is 1.05. The molecule has 1 N–H and O–H groups in total. The zero-order valence-electron chi connectivity index (χ0n) is 13.7. The molecule has 3 rings (SSSR count). The van der Waals surface area contributed by atoms with E-state index < -0.39 is 10.2 Å². The zero-order valence-corrected chi connectivity index (χ0v) is 14.5. The Labute approximate surface area is 140 Å². The molecule has 1 fully saturated rings. The number of hydrogen-bond acceptors (Lipinski definition) is 4. The summed E-state index contributed by atoms with van der Waals surface area (Å²) >= 11 is 0. The Morgan fingerprint density at radius 3 is 2.50 bits per heavy atom. The van der Waals surface area contributed by atoms with E-state index in [1.165, 1.54) is 18.8 Å². The zero-order chi connectivity index (χ0) is 17.3. The van der Waals surface area contributed by atoms with Crippen LogP contribution in [-0.2, 0) is 16.8 Å². The molecule has 0 spiro atoms. The molecule has 1 aliphatic carbocycles. The van der Waals surface area contributed by atoms with Gasteiger partial charge < -0.3 is 0 Å². The molecule has 0 atom stereocenters. The van der Waals surface area contributed by atoms with Crippen molar-refractivity contribution in [2.24, 2.45) is 0 Å². The number of hydrogen-bond donors (Lipinski definition) is 1. The summed E-state index contributed by atoms with van der Waals surface area (Å²) in [6.07, 6.45) is 2.05. The van der Waals surface area contributed by atoms with Crippen LogP contribution >= 0.6 is 0 Å². The molecule has 0 unspecified atom stereocenters. The van der Waals surface area contributed by atoms with E-state index in [-0.39, 0.29) is 18.8 Å². The molecule has 1 aromatic heterocycles. The van der Waals surface area contributed by atoms with Gasteiger partial charge in [-0.2, -0.15) is 17.8 Å². The third-order valence-electron chi connectivity index (χ3n) is 3.91. The van der Waals surface area contributed by atoms with Gasteiger partial charge in [0.25, 0.3) is 10.2 Å². The maximum absolute atomic E-state index is 12.7. The normalized spacial score (nSPS) is 15.1. The van der Waals surface area contributed by atoms with Crippen molar-refractivity contribution in [1.29, 1.82) is 0 Å². The van der Waals surface area contributed by atoms with Gasteiger partial charge in [-0.05, 0) is 25.0 Å². The van der Waals surface area contributed by atoms with Gasteiger partial charge in [-0.1, -0.05) is 18.2 Å². The first-order valence-electron chi connectivity index (χ1n) is 7.82. The summed E-state index contributed by atoms with van der Waals surface area (Å²) in [7, 11) is -0.611. The van der Waals surface area contributed by atoms with Crippen molar-refractivity contribution < 1.29 is 8.42 Å². The Bertz CT molecular complexity index is 866. The predicted octanol–water partition coefficient (Wildman–Crippen LogP) is 0.307. The van der Waals surface area contributed by atoms with Crippen molar-refractivity contribution in [2.75, 3.05) is 20.6 Å². The van der Waals surface area contributed by atoms with Gasteiger partial charge in [0.1, 0.15) is 5.82 Å². The van der Waals surface area contributed by atoms with Crippen molar-refractivity contribution in [1.82, 2.24) is 23.4 Å². The van der Waals surface area contributed by atoms with Crippen LogP contribution in [0.25, 0.3) is 5.69 Å². The molecule has 1 aromatic carbocycles. The summed E-state index contributed by atoms with van der Waals surface area (Å²) in [6, 6.07) is 9.38. The number of para-hydroxylation sites is 1. The van der Waals surface area contributed by atoms with Crippen molar-refractivity contribution in [2.45, 2.75) is 25.3 Å². The van der Waals surface area contributed by atoms with E-state index in [0.29, 0.717) is 5.92 Å². The highest BCUT2D eigenvalue weighted by Gasteiger charge is 2.31. The smallest absolute Gasteiger partial charge is 0.247 e. The molecule has 8 nitrogen and oxygen atoms in total. The van der Waals surface area contributed by atoms with Gasteiger partial charge >= 0.3 is 5.69 Å². The van der Waals surface area contributed by atoms with E-state index in [4.69, 9.17) is 0 Å². The van der Waals surface area contributed by atoms with E-state index in [0.717, 1.165) is 28.7 Å². The van der Waals surface area contributed by atoms with E-state index in [9.17, 15) is 13.2 Å². The van der Waals surface area contributed by atoms with Crippen LogP contribution in [0, 0.1) is 0 Å². The van der Waals surface area contributed by atoms with Crippen LogP contribution in [-0.4, -0.2) is 47.7 Å². The Kier molecular flexibility index (Phi) is 4.57. The topological polar surface area (TPSA) is 89.2 Å². The summed E-state index contributed by atoms with van der Waals surface area (Å²) in [5, 5.41) is 4.43. The van der Waals surface area contributed by atoms with Crippen LogP contribution in [0.4, 0.5) is 0 Å². The Hall–Kier alpha value is -1.97. The molecule has 9 heteroatoms. The molecule has 1 aliphatic rings. The monoisotopic (exact) mass is 351 g/mol. The lowest BCUT2D eigenvalue weighted by Crippen LogP contribution is -2.38. The lowest BCUT2D eigenvalue weighted by atomic mass is 10.3. The summed E-state index contributed by atoms with van der Waals surface area (Å²) < 4.78 is 29.9. The molecule has 24 heavy (non-hydrogen) atoms. The summed E-state index contributed by atoms with van der Waals surface area (Å²) in [6.45, 7) is 0.293. The van der Waals surface area contributed by atoms with Gasteiger partial charge in [0.15, 0.2) is 0 Å². The minimum Gasteiger partial charge on any atom is -0.247 e. The molecule has 1 heterocycles. The van der Waals surface area contributed by atoms with E-state index >= 15 is 0 Å². The Morgan fingerprint density at radius 1 is 1.25 bits per heavy atom. The van der Waals surface area contributed by atoms with Crippen LogP contribution < -0.4 is 10.4 Å². The molecule has 0 radical (unpaired) electrons. The van der Waals surface area contributed by atoms with Crippen molar-refractivity contribution in [3.05, 3.63) is 46.6 Å². The SMILES string of the molecule is CN(C)S(=O)(=O)NCCn1nc(C2CC2)n(-c2ccccc2)c1=O. The van der Waals surface area contributed by atoms with Crippen molar-refractivity contribution in [3.63, 3.8) is 0 Å². The second kappa shape index (κ2) is 6.50. The average Bonchev–Trinajstić information content (AvgIpc) is 3.33. The number of benzene rings is 1. The fourth-order valence-electron chi connectivity index (χ4n) is 2.41. The van der Waals surface area contributed by atoms with Crippen LogP contribution in [0.1, 0.15) is 24.6 Å². The van der Waals surface area contributed by atoms with Crippen LogP contribution in [0.2, 0.25) is 0 Å². The first-order chi connectivity index (χ1) is 11.4. The molecule has 130 valence electrons. The number of nitrogens with zero attached hydrogens (tertiary/aromatic N) is 4. The number of nitrogens with one attached hydrogen (secondary N) is 1. The molecule has 0 aliphatic heterocycles. The second-order valence-corrected chi connectivity index (χ2v) is 7.96. The first kappa shape index (κ1) is 16.9. The fourth-order valence-corrected chi connectivity index (χ4v) is 3.01. The quantitative estimate of drug-likeness (QED) is 0.777. The van der Waals surface area contributed by atoms with Gasteiger partial charge in [0.2, 0.25) is 0 Å². The molecule has 0 bridgehead atoms. The van der Waals surface area contributed by atoms with Gasteiger partial charge in [0.05, 0.1) is 12.2 Å². The number of aromatic nitrogens is 3.